The van der Waals surface area contributed by atoms with Crippen LogP contribution in [0.25, 0.3) is 0 Å². The predicted molar refractivity (Wildman–Crippen MR) is 117 cm³/mol. The minimum absolute atomic E-state index is 0.203. The third-order valence-corrected chi connectivity index (χ3v) is 5.42. The Balaban J connectivity index is 1.25. The monoisotopic (exact) mass is 401 g/mol. The van der Waals surface area contributed by atoms with Crippen molar-refractivity contribution in [1.29, 1.82) is 0 Å². The van der Waals surface area contributed by atoms with E-state index >= 15 is 0 Å². The van der Waals surface area contributed by atoms with Crippen molar-refractivity contribution < 1.29 is 9.53 Å². The first kappa shape index (κ1) is 21.4. The summed E-state index contributed by atoms with van der Waals surface area (Å²) >= 11 is 0. The number of hydrogen-bond acceptors (Lipinski definition) is 4. The molecule has 1 aromatic carbocycles. The topological polar surface area (TPSA) is 69.2 Å². The predicted octanol–water partition coefficient (Wildman–Crippen LogP) is 1.71. The highest BCUT2D eigenvalue weighted by atomic mass is 16.5. The van der Waals surface area contributed by atoms with Crippen LogP contribution < -0.4 is 15.5 Å². The Morgan fingerprint density at radius 2 is 1.83 bits per heavy atom. The van der Waals surface area contributed by atoms with Crippen molar-refractivity contribution in [2.75, 3.05) is 64.4 Å². The van der Waals surface area contributed by atoms with E-state index in [2.05, 4.69) is 44.8 Å². The molecule has 7 heteroatoms. The van der Waals surface area contributed by atoms with Gasteiger partial charge in [-0.05, 0) is 37.3 Å². The summed E-state index contributed by atoms with van der Waals surface area (Å²) in [7, 11) is 1.75. The van der Waals surface area contributed by atoms with Gasteiger partial charge in [-0.15, -0.1) is 0 Å². The fourth-order valence-corrected chi connectivity index (χ4v) is 3.43. The lowest BCUT2D eigenvalue weighted by Gasteiger charge is -2.36. The zero-order chi connectivity index (χ0) is 20.3. The third kappa shape index (κ3) is 7.57. The van der Waals surface area contributed by atoms with E-state index in [0.717, 1.165) is 64.2 Å². The zero-order valence-electron chi connectivity index (χ0n) is 17.6. The van der Waals surface area contributed by atoms with Crippen molar-refractivity contribution in [3.63, 3.8) is 0 Å². The van der Waals surface area contributed by atoms with Crippen LogP contribution in [0.2, 0.25) is 0 Å². The molecule has 0 radical (unpaired) electrons. The van der Waals surface area contributed by atoms with Gasteiger partial charge in [-0.25, -0.2) is 0 Å². The van der Waals surface area contributed by atoms with Gasteiger partial charge in [0, 0.05) is 71.6 Å². The van der Waals surface area contributed by atoms with E-state index < -0.39 is 0 Å². The molecule has 1 aliphatic heterocycles. The maximum atomic E-state index is 12.5. The molecular weight excluding hydrogens is 366 g/mol. The van der Waals surface area contributed by atoms with Gasteiger partial charge in [-0.1, -0.05) is 18.2 Å². The molecule has 0 atom stereocenters. The van der Waals surface area contributed by atoms with E-state index in [4.69, 9.17) is 4.74 Å². The molecular formula is C22H35N5O2. The maximum absolute atomic E-state index is 12.5. The molecule has 0 unspecified atom stereocenters. The first-order chi connectivity index (χ1) is 14.3. The highest BCUT2D eigenvalue weighted by Gasteiger charge is 2.21. The van der Waals surface area contributed by atoms with E-state index in [-0.39, 0.29) is 5.91 Å². The van der Waals surface area contributed by atoms with Crippen molar-refractivity contribution in [2.45, 2.75) is 25.7 Å². The van der Waals surface area contributed by atoms with Crippen LogP contribution in [0.1, 0.15) is 25.7 Å². The number of ether oxygens (including phenoxy) is 1. The Morgan fingerprint density at radius 3 is 2.52 bits per heavy atom. The number of nitrogens with one attached hydrogen (secondary N) is 2. The Labute approximate surface area is 174 Å². The molecule has 2 fully saturated rings. The van der Waals surface area contributed by atoms with E-state index in [1.54, 1.807) is 7.05 Å². The Kier molecular flexibility index (Phi) is 8.61. The number of guanidine groups is 1. The van der Waals surface area contributed by atoms with Gasteiger partial charge in [0.2, 0.25) is 5.91 Å². The van der Waals surface area contributed by atoms with Gasteiger partial charge < -0.3 is 25.2 Å². The van der Waals surface area contributed by atoms with Crippen molar-refractivity contribution in [2.24, 2.45) is 10.9 Å². The highest BCUT2D eigenvalue weighted by molar-refractivity contribution is 5.81. The number of benzene rings is 1. The fourth-order valence-electron chi connectivity index (χ4n) is 3.43. The van der Waals surface area contributed by atoms with E-state index in [1.807, 2.05) is 11.0 Å². The molecule has 1 aliphatic carbocycles. The second kappa shape index (κ2) is 11.7. The Bertz CT molecular complexity index is 640. The van der Waals surface area contributed by atoms with Crippen molar-refractivity contribution in [3.05, 3.63) is 30.3 Å². The zero-order valence-corrected chi connectivity index (χ0v) is 17.6. The quantitative estimate of drug-likeness (QED) is 0.355. The van der Waals surface area contributed by atoms with E-state index in [9.17, 15) is 4.79 Å². The number of rotatable bonds is 10. The summed E-state index contributed by atoms with van der Waals surface area (Å²) in [5.74, 6) is 1.76. The van der Waals surface area contributed by atoms with Crippen LogP contribution in [-0.2, 0) is 9.53 Å². The number of piperazine rings is 1. The number of hydrogen-bond donors (Lipinski definition) is 2. The molecule has 1 saturated carbocycles. The van der Waals surface area contributed by atoms with Gasteiger partial charge in [-0.2, -0.15) is 0 Å². The number of carbonyl (C=O) groups is 1. The van der Waals surface area contributed by atoms with Gasteiger partial charge in [0.15, 0.2) is 5.96 Å². The lowest BCUT2D eigenvalue weighted by molar-refractivity contribution is -0.131. The summed E-state index contributed by atoms with van der Waals surface area (Å²) in [5.41, 5.74) is 1.23. The molecule has 1 aromatic rings. The average molecular weight is 402 g/mol. The third-order valence-electron chi connectivity index (χ3n) is 5.42. The lowest BCUT2D eigenvalue weighted by atomic mass is 10.2. The van der Waals surface area contributed by atoms with E-state index in [0.29, 0.717) is 13.0 Å². The summed E-state index contributed by atoms with van der Waals surface area (Å²) in [4.78, 5) is 21.0. The van der Waals surface area contributed by atoms with Gasteiger partial charge >= 0.3 is 0 Å². The molecule has 1 heterocycles. The molecule has 3 rings (SSSR count). The number of anilines is 1. The summed E-state index contributed by atoms with van der Waals surface area (Å²) in [6.07, 6.45) is 4.10. The normalized spacial score (nSPS) is 17.3. The molecule has 2 aliphatic rings. The largest absolute Gasteiger partial charge is 0.381 e. The number of aliphatic imine (C=N–C) groups is 1. The number of para-hydroxylation sites is 1. The first-order valence-electron chi connectivity index (χ1n) is 10.9. The SMILES string of the molecule is CN=C(NCCCOCC1CC1)NCCC(=O)N1CCN(c2ccccc2)CC1. The highest BCUT2D eigenvalue weighted by Crippen LogP contribution is 2.28. The number of carbonyl (C=O) groups excluding carboxylic acids is 1. The minimum atomic E-state index is 0.203. The molecule has 7 nitrogen and oxygen atoms in total. The van der Waals surface area contributed by atoms with E-state index in [1.165, 1.54) is 18.5 Å². The molecule has 160 valence electrons. The fraction of sp³-hybridized carbons (Fsp3) is 0.636. The second-order valence-corrected chi connectivity index (χ2v) is 7.75. The van der Waals surface area contributed by atoms with Crippen molar-refractivity contribution in [1.82, 2.24) is 15.5 Å². The Hall–Kier alpha value is -2.28. The van der Waals surface area contributed by atoms with Gasteiger partial charge in [0.1, 0.15) is 0 Å². The lowest BCUT2D eigenvalue weighted by Crippen LogP contribution is -2.49. The van der Waals surface area contributed by atoms with Crippen molar-refractivity contribution in [3.8, 4) is 0 Å². The molecule has 1 amide bonds. The van der Waals surface area contributed by atoms with Crippen LogP contribution in [0.5, 0.6) is 0 Å². The number of nitrogens with zero attached hydrogens (tertiary/aromatic N) is 3. The molecule has 29 heavy (non-hydrogen) atoms. The molecule has 0 bridgehead atoms. The van der Waals surface area contributed by atoms with Gasteiger partial charge in [0.05, 0.1) is 0 Å². The van der Waals surface area contributed by atoms with Gasteiger partial charge in [0.25, 0.3) is 0 Å². The first-order valence-corrected chi connectivity index (χ1v) is 10.9. The van der Waals surface area contributed by atoms with Crippen LogP contribution >= 0.6 is 0 Å². The number of amides is 1. The molecule has 2 N–H and O–H groups in total. The maximum Gasteiger partial charge on any atom is 0.224 e. The molecule has 1 saturated heterocycles. The smallest absolute Gasteiger partial charge is 0.224 e. The molecule has 0 spiro atoms. The summed E-state index contributed by atoms with van der Waals surface area (Å²) < 4.78 is 5.63. The summed E-state index contributed by atoms with van der Waals surface area (Å²) in [6, 6.07) is 10.4. The minimum Gasteiger partial charge on any atom is -0.381 e. The van der Waals surface area contributed by atoms with Crippen LogP contribution in [0.4, 0.5) is 5.69 Å². The molecule has 0 aromatic heterocycles. The second-order valence-electron chi connectivity index (χ2n) is 7.75. The van der Waals surface area contributed by atoms with Crippen LogP contribution in [0.15, 0.2) is 35.3 Å². The standard InChI is InChI=1S/C22H35N5O2/c1-23-22(24-11-5-17-29-18-19-8-9-19)25-12-10-21(28)27-15-13-26(14-16-27)20-6-3-2-4-7-20/h2-4,6-7,19H,5,8-18H2,1H3,(H2,23,24,25). The van der Waals surface area contributed by atoms with Crippen LogP contribution in [0, 0.1) is 5.92 Å². The Morgan fingerprint density at radius 1 is 1.10 bits per heavy atom. The van der Waals surface area contributed by atoms with Crippen LogP contribution in [-0.4, -0.2) is 76.3 Å². The van der Waals surface area contributed by atoms with Crippen LogP contribution in [0.3, 0.4) is 0 Å². The average Bonchev–Trinajstić information content (AvgIpc) is 3.60. The van der Waals surface area contributed by atoms with Gasteiger partial charge in [-0.3, -0.25) is 9.79 Å². The van der Waals surface area contributed by atoms with Crippen molar-refractivity contribution >= 4 is 17.6 Å². The summed E-state index contributed by atoms with van der Waals surface area (Å²) in [6.45, 7) is 6.44. The summed E-state index contributed by atoms with van der Waals surface area (Å²) in [5, 5.41) is 6.51.